The summed E-state index contributed by atoms with van der Waals surface area (Å²) in [5, 5.41) is 0.978. The molecule has 2 fully saturated rings. The van der Waals surface area contributed by atoms with E-state index in [2.05, 4.69) is 0 Å². The largest absolute Gasteiger partial charge is 0.303 e. The molecule has 1 atom stereocenters. The van der Waals surface area contributed by atoms with Gasteiger partial charge in [-0.1, -0.05) is 0 Å². The van der Waals surface area contributed by atoms with Gasteiger partial charge < -0.3 is 4.90 Å². The van der Waals surface area contributed by atoms with Crippen molar-refractivity contribution >= 4 is 32.3 Å². The molecule has 3 rings (SSSR count). The number of hydrogen-bond acceptors (Lipinski definition) is 4. The van der Waals surface area contributed by atoms with Gasteiger partial charge in [0.25, 0.3) is 0 Å². The van der Waals surface area contributed by atoms with Crippen LogP contribution < -0.4 is 4.90 Å². The topological polar surface area (TPSA) is 57.7 Å². The number of carbonyl (C=O) groups is 1. The highest BCUT2D eigenvalue weighted by Crippen LogP contribution is 2.43. The number of thiophene rings is 1. The van der Waals surface area contributed by atoms with Crippen LogP contribution in [0.15, 0.2) is 12.1 Å². The van der Waals surface area contributed by atoms with Gasteiger partial charge >= 0.3 is 0 Å². The van der Waals surface area contributed by atoms with Gasteiger partial charge in [-0.3, -0.25) is 4.79 Å². The van der Waals surface area contributed by atoms with Crippen LogP contribution in [0.2, 0.25) is 0 Å². The van der Waals surface area contributed by atoms with Crippen molar-refractivity contribution in [2.45, 2.75) is 26.7 Å². The first-order valence-electron chi connectivity index (χ1n) is 7.20. The number of rotatable bonds is 3. The zero-order valence-corrected chi connectivity index (χ0v) is 14.0. The third-order valence-corrected chi connectivity index (χ3v) is 7.33. The van der Waals surface area contributed by atoms with Gasteiger partial charge in [0.1, 0.15) is 0 Å². The number of amides is 1. The molecule has 0 N–H and O–H groups in total. The third-order valence-electron chi connectivity index (χ3n) is 4.47. The van der Waals surface area contributed by atoms with Gasteiger partial charge in [0.2, 0.25) is 15.9 Å². The van der Waals surface area contributed by atoms with Crippen molar-refractivity contribution in [3.8, 4) is 0 Å². The molecule has 0 radical (unpaired) electrons. The molecule has 7 heteroatoms. The molecule has 21 heavy (non-hydrogen) atoms. The van der Waals surface area contributed by atoms with E-state index in [4.69, 9.17) is 0 Å². The lowest BCUT2D eigenvalue weighted by Crippen LogP contribution is -2.34. The SMILES string of the molecule is CCS(=O)(=O)N1CCC2(CC(=O)N(c3ccc(C)s3)C2)C1. The van der Waals surface area contributed by atoms with Crippen LogP contribution in [0.25, 0.3) is 0 Å². The summed E-state index contributed by atoms with van der Waals surface area (Å²) in [6.07, 6.45) is 1.23. The molecule has 1 aromatic rings. The Kier molecular flexibility index (Phi) is 3.62. The van der Waals surface area contributed by atoms with E-state index >= 15 is 0 Å². The summed E-state index contributed by atoms with van der Waals surface area (Å²) in [6.45, 7) is 5.36. The quantitative estimate of drug-likeness (QED) is 0.850. The van der Waals surface area contributed by atoms with Gasteiger partial charge in [-0.25, -0.2) is 12.7 Å². The molecule has 3 heterocycles. The molecule has 1 unspecified atom stereocenters. The van der Waals surface area contributed by atoms with Crippen molar-refractivity contribution in [3.63, 3.8) is 0 Å². The second-order valence-electron chi connectivity index (χ2n) is 6.03. The molecule has 116 valence electrons. The second kappa shape index (κ2) is 5.07. The van der Waals surface area contributed by atoms with Crippen LogP contribution in [0.3, 0.4) is 0 Å². The van der Waals surface area contributed by atoms with Crippen LogP contribution in [-0.4, -0.2) is 44.0 Å². The maximum Gasteiger partial charge on any atom is 0.228 e. The summed E-state index contributed by atoms with van der Waals surface area (Å²) in [4.78, 5) is 15.3. The summed E-state index contributed by atoms with van der Waals surface area (Å²) in [6, 6.07) is 3.99. The van der Waals surface area contributed by atoms with Gasteiger partial charge in [0.15, 0.2) is 0 Å². The Morgan fingerprint density at radius 1 is 1.33 bits per heavy atom. The molecule has 2 aliphatic heterocycles. The van der Waals surface area contributed by atoms with Crippen molar-refractivity contribution < 1.29 is 13.2 Å². The first-order valence-corrected chi connectivity index (χ1v) is 9.62. The fourth-order valence-corrected chi connectivity index (χ4v) is 5.33. The molecule has 1 amide bonds. The Hall–Kier alpha value is -0.920. The fourth-order valence-electron chi connectivity index (χ4n) is 3.25. The van der Waals surface area contributed by atoms with Gasteiger partial charge in [-0.05, 0) is 32.4 Å². The van der Waals surface area contributed by atoms with Crippen molar-refractivity contribution in [3.05, 3.63) is 17.0 Å². The number of nitrogens with zero attached hydrogens (tertiary/aromatic N) is 2. The Labute approximate surface area is 129 Å². The van der Waals surface area contributed by atoms with Crippen molar-refractivity contribution in [2.24, 2.45) is 5.41 Å². The monoisotopic (exact) mass is 328 g/mol. The lowest BCUT2D eigenvalue weighted by atomic mass is 9.86. The highest BCUT2D eigenvalue weighted by Gasteiger charge is 2.50. The summed E-state index contributed by atoms with van der Waals surface area (Å²) in [5.74, 6) is 0.248. The van der Waals surface area contributed by atoms with E-state index in [0.29, 0.717) is 26.1 Å². The van der Waals surface area contributed by atoms with E-state index < -0.39 is 10.0 Å². The van der Waals surface area contributed by atoms with Crippen molar-refractivity contribution in [1.29, 1.82) is 0 Å². The highest BCUT2D eigenvalue weighted by atomic mass is 32.2. The first kappa shape index (κ1) is 15.0. The number of hydrogen-bond donors (Lipinski definition) is 0. The second-order valence-corrected chi connectivity index (χ2v) is 9.55. The molecule has 1 aromatic heterocycles. The molecule has 2 saturated heterocycles. The van der Waals surface area contributed by atoms with E-state index in [9.17, 15) is 13.2 Å². The number of carbonyl (C=O) groups excluding carboxylic acids is 1. The van der Waals surface area contributed by atoms with Crippen LogP contribution in [0.1, 0.15) is 24.6 Å². The molecular weight excluding hydrogens is 308 g/mol. The normalized spacial score (nSPS) is 27.1. The minimum absolute atomic E-state index is 0.118. The lowest BCUT2D eigenvalue weighted by Gasteiger charge is -2.23. The average Bonchev–Trinajstić information content (AvgIpc) is 3.11. The molecule has 0 aromatic carbocycles. The maximum absolute atomic E-state index is 12.3. The van der Waals surface area contributed by atoms with Crippen LogP contribution >= 0.6 is 11.3 Å². The molecule has 1 spiro atoms. The van der Waals surface area contributed by atoms with Crippen molar-refractivity contribution in [1.82, 2.24) is 4.31 Å². The summed E-state index contributed by atoms with van der Waals surface area (Å²) in [7, 11) is -3.15. The van der Waals surface area contributed by atoms with E-state index in [-0.39, 0.29) is 17.1 Å². The first-order chi connectivity index (χ1) is 9.85. The van der Waals surface area contributed by atoms with Gasteiger partial charge in [0, 0.05) is 36.3 Å². The molecule has 5 nitrogen and oxygen atoms in total. The van der Waals surface area contributed by atoms with Crippen LogP contribution in [0.4, 0.5) is 5.00 Å². The average molecular weight is 328 g/mol. The molecule has 0 bridgehead atoms. The number of aryl methyl sites for hydroxylation is 1. The van der Waals surface area contributed by atoms with Gasteiger partial charge in [0.05, 0.1) is 10.8 Å². The molecular formula is C14H20N2O3S2. The van der Waals surface area contributed by atoms with Crippen molar-refractivity contribution in [2.75, 3.05) is 30.3 Å². The summed E-state index contributed by atoms with van der Waals surface area (Å²) < 4.78 is 25.6. The predicted octanol–water partition coefficient (Wildman–Crippen LogP) is 1.84. The predicted molar refractivity (Wildman–Crippen MR) is 84.1 cm³/mol. The zero-order valence-electron chi connectivity index (χ0n) is 12.3. The zero-order chi connectivity index (χ0) is 15.3. The molecule has 2 aliphatic rings. The fraction of sp³-hybridized carbons (Fsp3) is 0.643. The smallest absolute Gasteiger partial charge is 0.228 e. The summed E-state index contributed by atoms with van der Waals surface area (Å²) >= 11 is 1.61. The van der Waals surface area contributed by atoms with E-state index in [1.807, 2.05) is 24.0 Å². The van der Waals surface area contributed by atoms with Crippen LogP contribution in [0.5, 0.6) is 0 Å². The number of anilines is 1. The maximum atomic E-state index is 12.3. The van der Waals surface area contributed by atoms with Gasteiger partial charge in [-0.15, -0.1) is 11.3 Å². The van der Waals surface area contributed by atoms with E-state index in [1.165, 1.54) is 4.88 Å². The Morgan fingerprint density at radius 2 is 2.10 bits per heavy atom. The van der Waals surface area contributed by atoms with Gasteiger partial charge in [-0.2, -0.15) is 0 Å². The van der Waals surface area contributed by atoms with Crippen LogP contribution in [0, 0.1) is 12.3 Å². The lowest BCUT2D eigenvalue weighted by molar-refractivity contribution is -0.117. The minimum Gasteiger partial charge on any atom is -0.303 e. The molecule has 0 aliphatic carbocycles. The van der Waals surface area contributed by atoms with E-state index in [1.54, 1.807) is 22.6 Å². The third kappa shape index (κ3) is 2.62. The standard InChI is InChI=1S/C14H20N2O3S2/c1-3-21(18,19)15-7-6-14(9-15)8-12(17)16(10-14)13-5-4-11(2)20-13/h4-5H,3,6-10H2,1-2H3. The van der Waals surface area contributed by atoms with E-state index in [0.717, 1.165) is 11.4 Å². The number of sulfonamides is 1. The summed E-state index contributed by atoms with van der Waals surface area (Å²) in [5.41, 5.74) is -0.197. The Bertz CT molecular complexity index is 668. The highest BCUT2D eigenvalue weighted by molar-refractivity contribution is 7.89. The Morgan fingerprint density at radius 3 is 2.71 bits per heavy atom. The Balaban J connectivity index is 1.79. The van der Waals surface area contributed by atoms with Crippen LogP contribution in [-0.2, 0) is 14.8 Å². The molecule has 0 saturated carbocycles. The minimum atomic E-state index is -3.15.